The molecule has 0 aromatic heterocycles. The van der Waals surface area contributed by atoms with E-state index in [-0.39, 0.29) is 5.92 Å². The number of piperidine rings is 1. The molecule has 1 aromatic rings. The molecule has 0 radical (unpaired) electrons. The molecule has 1 aliphatic rings. The van der Waals surface area contributed by atoms with E-state index in [1.165, 1.54) is 25.7 Å². The summed E-state index contributed by atoms with van der Waals surface area (Å²) in [5.41, 5.74) is 7.12. The highest BCUT2D eigenvalue weighted by molar-refractivity contribution is 6.36. The van der Waals surface area contributed by atoms with E-state index in [4.69, 9.17) is 28.9 Å². The summed E-state index contributed by atoms with van der Waals surface area (Å²) in [5.74, 6) is 0.225. The van der Waals surface area contributed by atoms with Crippen LogP contribution in [0.15, 0.2) is 18.2 Å². The van der Waals surface area contributed by atoms with E-state index in [1.54, 1.807) is 0 Å². The van der Waals surface area contributed by atoms with E-state index in [1.807, 2.05) is 18.2 Å². The number of rotatable bonds is 5. The van der Waals surface area contributed by atoms with Gasteiger partial charge in [-0.1, -0.05) is 42.6 Å². The van der Waals surface area contributed by atoms with Crippen molar-refractivity contribution in [2.45, 2.75) is 44.6 Å². The molecular formula is C16H24Cl2N2. The van der Waals surface area contributed by atoms with Gasteiger partial charge in [0.15, 0.2) is 0 Å². The van der Waals surface area contributed by atoms with Crippen molar-refractivity contribution in [3.63, 3.8) is 0 Å². The summed E-state index contributed by atoms with van der Waals surface area (Å²) < 4.78 is 0. The molecule has 4 heteroatoms. The first kappa shape index (κ1) is 16.1. The van der Waals surface area contributed by atoms with Crippen molar-refractivity contribution >= 4 is 23.2 Å². The zero-order valence-corrected chi connectivity index (χ0v) is 13.6. The first-order valence-electron chi connectivity index (χ1n) is 7.57. The van der Waals surface area contributed by atoms with Gasteiger partial charge in [-0.05, 0) is 50.0 Å². The van der Waals surface area contributed by atoms with Gasteiger partial charge in [0.05, 0.1) is 0 Å². The van der Waals surface area contributed by atoms with Gasteiger partial charge in [0.1, 0.15) is 0 Å². The summed E-state index contributed by atoms with van der Waals surface area (Å²) in [6.45, 7) is 5.11. The number of benzene rings is 1. The van der Waals surface area contributed by atoms with Crippen molar-refractivity contribution in [2.24, 2.45) is 5.73 Å². The first-order valence-corrected chi connectivity index (χ1v) is 8.32. The van der Waals surface area contributed by atoms with Gasteiger partial charge in [0.25, 0.3) is 0 Å². The van der Waals surface area contributed by atoms with Gasteiger partial charge in [-0.25, -0.2) is 0 Å². The molecule has 2 unspecified atom stereocenters. The zero-order chi connectivity index (χ0) is 14.5. The lowest BCUT2D eigenvalue weighted by Crippen LogP contribution is -2.45. The minimum atomic E-state index is 0.225. The van der Waals surface area contributed by atoms with E-state index < -0.39 is 0 Å². The van der Waals surface area contributed by atoms with Crippen molar-refractivity contribution in [3.05, 3.63) is 33.8 Å². The second kappa shape index (κ2) is 7.65. The van der Waals surface area contributed by atoms with Crippen LogP contribution in [0.25, 0.3) is 0 Å². The van der Waals surface area contributed by atoms with Gasteiger partial charge >= 0.3 is 0 Å². The van der Waals surface area contributed by atoms with Gasteiger partial charge in [-0.3, -0.25) is 4.90 Å². The summed E-state index contributed by atoms with van der Waals surface area (Å²) in [6.07, 6.45) is 4.90. The molecule has 0 spiro atoms. The molecular weight excluding hydrogens is 291 g/mol. The fourth-order valence-electron chi connectivity index (χ4n) is 3.37. The van der Waals surface area contributed by atoms with Gasteiger partial charge in [-0.15, -0.1) is 0 Å². The van der Waals surface area contributed by atoms with Crippen LogP contribution in [0.4, 0.5) is 0 Å². The van der Waals surface area contributed by atoms with Gasteiger partial charge in [-0.2, -0.15) is 0 Å². The molecule has 1 aliphatic heterocycles. The van der Waals surface area contributed by atoms with E-state index in [0.29, 0.717) is 12.6 Å². The maximum absolute atomic E-state index is 6.39. The minimum absolute atomic E-state index is 0.225. The lowest BCUT2D eigenvalue weighted by Gasteiger charge is -2.40. The van der Waals surface area contributed by atoms with Crippen LogP contribution < -0.4 is 5.73 Å². The molecule has 0 bridgehead atoms. The van der Waals surface area contributed by atoms with Crippen LogP contribution in [0.2, 0.25) is 10.0 Å². The zero-order valence-electron chi connectivity index (χ0n) is 12.1. The number of hydrogen-bond donors (Lipinski definition) is 1. The highest BCUT2D eigenvalue weighted by atomic mass is 35.5. The number of likely N-dealkylation sites (tertiary alicyclic amines) is 1. The van der Waals surface area contributed by atoms with E-state index >= 15 is 0 Å². The second-order valence-corrected chi connectivity index (χ2v) is 6.39. The largest absolute Gasteiger partial charge is 0.330 e. The predicted molar refractivity (Wildman–Crippen MR) is 87.8 cm³/mol. The van der Waals surface area contributed by atoms with E-state index in [2.05, 4.69) is 11.8 Å². The van der Waals surface area contributed by atoms with E-state index in [9.17, 15) is 0 Å². The third-order valence-electron chi connectivity index (χ3n) is 4.26. The highest BCUT2D eigenvalue weighted by Crippen LogP contribution is 2.37. The molecule has 2 nitrogen and oxygen atoms in total. The Morgan fingerprint density at radius 1 is 1.30 bits per heavy atom. The monoisotopic (exact) mass is 314 g/mol. The highest BCUT2D eigenvalue weighted by Gasteiger charge is 2.31. The second-order valence-electron chi connectivity index (χ2n) is 5.58. The van der Waals surface area contributed by atoms with Crippen molar-refractivity contribution < 1.29 is 0 Å². The predicted octanol–water partition coefficient (Wildman–Crippen LogP) is 4.30. The average Bonchev–Trinajstić information content (AvgIpc) is 2.44. The van der Waals surface area contributed by atoms with Gasteiger partial charge in [0.2, 0.25) is 0 Å². The van der Waals surface area contributed by atoms with Crippen molar-refractivity contribution in [1.29, 1.82) is 0 Å². The quantitative estimate of drug-likeness (QED) is 0.878. The fourth-order valence-corrected chi connectivity index (χ4v) is 4.05. The third-order valence-corrected chi connectivity index (χ3v) is 4.92. The van der Waals surface area contributed by atoms with Crippen LogP contribution in [0.5, 0.6) is 0 Å². The Kier molecular flexibility index (Phi) is 6.16. The molecule has 1 saturated heterocycles. The van der Waals surface area contributed by atoms with Crippen LogP contribution in [0, 0.1) is 0 Å². The molecule has 20 heavy (non-hydrogen) atoms. The molecule has 0 saturated carbocycles. The summed E-state index contributed by atoms with van der Waals surface area (Å²) in [5, 5.41) is 1.49. The number of hydrogen-bond acceptors (Lipinski definition) is 2. The van der Waals surface area contributed by atoms with Crippen molar-refractivity contribution in [2.75, 3.05) is 19.6 Å². The summed E-state index contributed by atoms with van der Waals surface area (Å²) in [6, 6.07) is 6.19. The van der Waals surface area contributed by atoms with Gasteiger partial charge in [0, 0.05) is 28.5 Å². The number of nitrogens with two attached hydrogens (primary N) is 1. The Labute approximate surface area is 132 Å². The Bertz CT molecular complexity index is 414. The standard InChI is InChI=1S/C16H24Cl2N2/c1-2-9-20-10-4-3-8-15(20)12(11-19)16-13(17)6-5-7-14(16)18/h5-7,12,15H,2-4,8-11,19H2,1H3. The SMILES string of the molecule is CCCN1CCCCC1C(CN)c1c(Cl)cccc1Cl. The fraction of sp³-hybridized carbons (Fsp3) is 0.625. The first-order chi connectivity index (χ1) is 9.69. The lowest BCUT2D eigenvalue weighted by molar-refractivity contribution is 0.127. The molecule has 1 aromatic carbocycles. The maximum atomic E-state index is 6.39. The summed E-state index contributed by atoms with van der Waals surface area (Å²) in [7, 11) is 0. The summed E-state index contributed by atoms with van der Waals surface area (Å²) >= 11 is 12.8. The number of halogens is 2. The van der Waals surface area contributed by atoms with Gasteiger partial charge < -0.3 is 5.73 Å². The Morgan fingerprint density at radius 2 is 2.00 bits per heavy atom. The van der Waals surface area contributed by atoms with Crippen molar-refractivity contribution in [3.8, 4) is 0 Å². The minimum Gasteiger partial charge on any atom is -0.330 e. The number of nitrogens with zero attached hydrogens (tertiary/aromatic N) is 1. The van der Waals surface area contributed by atoms with E-state index in [0.717, 1.165) is 28.7 Å². The molecule has 2 rings (SSSR count). The Morgan fingerprint density at radius 3 is 2.60 bits per heavy atom. The molecule has 112 valence electrons. The topological polar surface area (TPSA) is 29.3 Å². The summed E-state index contributed by atoms with van der Waals surface area (Å²) in [4.78, 5) is 2.57. The van der Waals surface area contributed by atoms with Crippen LogP contribution in [0.3, 0.4) is 0 Å². The van der Waals surface area contributed by atoms with Crippen LogP contribution in [-0.4, -0.2) is 30.6 Å². The molecule has 0 aliphatic carbocycles. The Hall–Kier alpha value is -0.280. The third kappa shape index (κ3) is 3.48. The average molecular weight is 315 g/mol. The van der Waals surface area contributed by atoms with Crippen LogP contribution in [-0.2, 0) is 0 Å². The maximum Gasteiger partial charge on any atom is 0.0456 e. The molecule has 1 fully saturated rings. The molecule has 0 amide bonds. The lowest BCUT2D eigenvalue weighted by atomic mass is 9.85. The van der Waals surface area contributed by atoms with Crippen LogP contribution in [0.1, 0.15) is 44.1 Å². The smallest absolute Gasteiger partial charge is 0.0456 e. The van der Waals surface area contributed by atoms with Crippen LogP contribution >= 0.6 is 23.2 Å². The normalized spacial score (nSPS) is 21.9. The molecule has 2 N–H and O–H groups in total. The Balaban J connectivity index is 2.30. The molecule has 1 heterocycles. The molecule has 2 atom stereocenters. The van der Waals surface area contributed by atoms with Crippen molar-refractivity contribution in [1.82, 2.24) is 4.90 Å².